The minimum absolute atomic E-state index is 0.0712. The maximum atomic E-state index is 12.8. The van der Waals surface area contributed by atoms with E-state index >= 15 is 0 Å². The molecule has 0 saturated carbocycles. The smallest absolute Gasteiger partial charge is 0.407 e. The highest BCUT2D eigenvalue weighted by molar-refractivity contribution is 5.90. The number of rotatable bonds is 6. The fourth-order valence-corrected chi connectivity index (χ4v) is 4.37. The van der Waals surface area contributed by atoms with E-state index < -0.39 is 24.1 Å². The van der Waals surface area contributed by atoms with Crippen LogP contribution in [-0.4, -0.2) is 53.2 Å². The Kier molecular flexibility index (Phi) is 5.67. The molecule has 0 radical (unpaired) electrons. The second-order valence-corrected chi connectivity index (χ2v) is 8.37. The summed E-state index contributed by atoms with van der Waals surface area (Å²) in [6.45, 7) is 4.15. The lowest BCUT2D eigenvalue weighted by Crippen LogP contribution is -2.61. The maximum absolute atomic E-state index is 12.8. The predicted octanol–water partition coefficient (Wildman–Crippen LogP) is 3.24. The molecule has 1 aliphatic carbocycles. The lowest BCUT2D eigenvalue weighted by Gasteiger charge is -2.40. The van der Waals surface area contributed by atoms with Crippen LogP contribution < -0.4 is 5.32 Å². The first-order valence-corrected chi connectivity index (χ1v) is 10.5. The number of carboxylic acids is 1. The van der Waals surface area contributed by atoms with Crippen molar-refractivity contribution in [2.75, 3.05) is 13.2 Å². The Hall–Kier alpha value is -3.35. The minimum Gasteiger partial charge on any atom is -0.480 e. The van der Waals surface area contributed by atoms with Gasteiger partial charge in [-0.15, -0.1) is 0 Å². The van der Waals surface area contributed by atoms with Crippen molar-refractivity contribution in [2.24, 2.45) is 5.92 Å². The van der Waals surface area contributed by atoms with Crippen LogP contribution in [0.5, 0.6) is 0 Å². The fraction of sp³-hybridized carbons (Fsp3) is 0.375. The highest BCUT2D eigenvalue weighted by Crippen LogP contribution is 2.44. The van der Waals surface area contributed by atoms with Crippen LogP contribution in [0.3, 0.4) is 0 Å². The zero-order valence-electron chi connectivity index (χ0n) is 17.6. The van der Waals surface area contributed by atoms with Gasteiger partial charge in [-0.1, -0.05) is 62.4 Å². The summed E-state index contributed by atoms with van der Waals surface area (Å²) in [6, 6.07) is 14.5. The maximum Gasteiger partial charge on any atom is 0.407 e. The molecule has 0 bridgehead atoms. The molecule has 2 aromatic carbocycles. The number of hydrogen-bond acceptors (Lipinski definition) is 4. The van der Waals surface area contributed by atoms with Crippen molar-refractivity contribution in [1.82, 2.24) is 10.2 Å². The molecule has 7 nitrogen and oxygen atoms in total. The van der Waals surface area contributed by atoms with Crippen molar-refractivity contribution in [1.29, 1.82) is 0 Å². The first-order chi connectivity index (χ1) is 14.9. The Labute approximate surface area is 181 Å². The summed E-state index contributed by atoms with van der Waals surface area (Å²) in [5, 5.41) is 11.9. The summed E-state index contributed by atoms with van der Waals surface area (Å²) in [5.41, 5.74) is 4.50. The van der Waals surface area contributed by atoms with Gasteiger partial charge in [-0.3, -0.25) is 4.79 Å². The lowest BCUT2D eigenvalue weighted by molar-refractivity contribution is -0.158. The summed E-state index contributed by atoms with van der Waals surface area (Å²) in [4.78, 5) is 37.9. The standard InChI is InChI=1S/C24H26N2O5/c1-14(2)21(22(27)26-12-11-20(26)23(28)29)25-24(30)31-13-19-17-9-5-3-7-15(17)16-8-4-6-10-18(16)19/h3-10,14,19-21H,11-13H2,1-2H3,(H,25,30)(H,28,29)/t20?,21-/m1/s1. The molecule has 2 N–H and O–H groups in total. The van der Waals surface area contributed by atoms with E-state index in [1.54, 1.807) is 0 Å². The van der Waals surface area contributed by atoms with E-state index in [1.165, 1.54) is 4.90 Å². The summed E-state index contributed by atoms with van der Waals surface area (Å²) in [6.07, 6.45) is -0.252. The number of amides is 2. The Morgan fingerprint density at radius 1 is 1.06 bits per heavy atom. The van der Waals surface area contributed by atoms with Gasteiger partial charge < -0.3 is 20.1 Å². The molecule has 7 heteroatoms. The number of ether oxygens (including phenoxy) is 1. The van der Waals surface area contributed by atoms with E-state index in [2.05, 4.69) is 17.4 Å². The van der Waals surface area contributed by atoms with Gasteiger partial charge in [0.05, 0.1) is 0 Å². The van der Waals surface area contributed by atoms with Crippen molar-refractivity contribution >= 4 is 18.0 Å². The Morgan fingerprint density at radius 2 is 1.65 bits per heavy atom. The molecule has 2 aromatic rings. The first-order valence-electron chi connectivity index (χ1n) is 10.5. The molecule has 0 spiro atoms. The number of carbonyl (C=O) groups is 3. The largest absolute Gasteiger partial charge is 0.480 e. The zero-order chi connectivity index (χ0) is 22.1. The zero-order valence-corrected chi connectivity index (χ0v) is 17.6. The number of carboxylic acid groups (broad SMARTS) is 1. The summed E-state index contributed by atoms with van der Waals surface area (Å²) in [5.74, 6) is -1.69. The van der Waals surface area contributed by atoms with E-state index in [-0.39, 0.29) is 24.3 Å². The molecule has 2 amide bonds. The quantitative estimate of drug-likeness (QED) is 0.745. The number of nitrogens with one attached hydrogen (secondary N) is 1. The number of hydrogen-bond donors (Lipinski definition) is 2. The highest BCUT2D eigenvalue weighted by atomic mass is 16.5. The van der Waals surface area contributed by atoms with Crippen LogP contribution in [-0.2, 0) is 14.3 Å². The van der Waals surface area contributed by atoms with Gasteiger partial charge in [0.2, 0.25) is 5.91 Å². The molecular formula is C24H26N2O5. The van der Waals surface area contributed by atoms with Crippen LogP contribution in [0.4, 0.5) is 4.79 Å². The Morgan fingerprint density at radius 3 is 2.13 bits per heavy atom. The van der Waals surface area contributed by atoms with Gasteiger partial charge >= 0.3 is 12.1 Å². The van der Waals surface area contributed by atoms with E-state index in [1.807, 2.05) is 50.2 Å². The molecule has 1 aliphatic heterocycles. The van der Waals surface area contributed by atoms with Crippen LogP contribution in [0.25, 0.3) is 11.1 Å². The van der Waals surface area contributed by atoms with Gasteiger partial charge in [-0.2, -0.15) is 0 Å². The normalized spacial score (nSPS) is 18.0. The first kappa shape index (κ1) is 20.9. The second kappa shape index (κ2) is 8.41. The second-order valence-electron chi connectivity index (χ2n) is 8.37. The predicted molar refractivity (Wildman–Crippen MR) is 115 cm³/mol. The van der Waals surface area contributed by atoms with Crippen molar-refractivity contribution < 1.29 is 24.2 Å². The van der Waals surface area contributed by atoms with Gasteiger partial charge in [0.15, 0.2) is 0 Å². The summed E-state index contributed by atoms with van der Waals surface area (Å²) < 4.78 is 5.54. The number of carbonyl (C=O) groups excluding carboxylic acids is 2. The minimum atomic E-state index is -1.02. The van der Waals surface area contributed by atoms with E-state index in [0.29, 0.717) is 13.0 Å². The number of fused-ring (bicyclic) bond motifs is 3. The number of likely N-dealkylation sites (tertiary alicyclic amines) is 1. The Balaban J connectivity index is 1.43. The molecule has 2 aliphatic rings. The van der Waals surface area contributed by atoms with Gasteiger partial charge in [-0.25, -0.2) is 9.59 Å². The molecule has 1 fully saturated rings. The molecule has 162 valence electrons. The molecule has 2 atom stereocenters. The third-order valence-corrected chi connectivity index (χ3v) is 6.14. The summed E-state index contributed by atoms with van der Waals surface area (Å²) in [7, 11) is 0. The highest BCUT2D eigenvalue weighted by Gasteiger charge is 2.41. The van der Waals surface area contributed by atoms with Gasteiger partial charge in [-0.05, 0) is 34.6 Å². The number of alkyl carbamates (subject to hydrolysis) is 1. The third-order valence-electron chi connectivity index (χ3n) is 6.14. The van der Waals surface area contributed by atoms with Crippen molar-refractivity contribution in [3.8, 4) is 11.1 Å². The number of aliphatic carboxylic acids is 1. The van der Waals surface area contributed by atoms with Crippen LogP contribution in [0.1, 0.15) is 37.3 Å². The third kappa shape index (κ3) is 3.87. The topological polar surface area (TPSA) is 95.9 Å². The van der Waals surface area contributed by atoms with Gasteiger partial charge in [0, 0.05) is 12.5 Å². The molecule has 1 heterocycles. The van der Waals surface area contributed by atoms with Crippen molar-refractivity contribution in [2.45, 2.75) is 38.3 Å². The number of nitrogens with zero attached hydrogens (tertiary/aromatic N) is 1. The molecule has 1 saturated heterocycles. The molecule has 1 unspecified atom stereocenters. The number of benzene rings is 2. The van der Waals surface area contributed by atoms with Gasteiger partial charge in [0.1, 0.15) is 18.7 Å². The van der Waals surface area contributed by atoms with E-state index in [9.17, 15) is 19.5 Å². The average molecular weight is 422 g/mol. The van der Waals surface area contributed by atoms with Crippen LogP contribution in [0.15, 0.2) is 48.5 Å². The molecule has 4 rings (SSSR count). The van der Waals surface area contributed by atoms with Crippen molar-refractivity contribution in [3.05, 3.63) is 59.7 Å². The average Bonchev–Trinajstić information content (AvgIpc) is 3.03. The SMILES string of the molecule is CC(C)[C@@H](NC(=O)OCC1c2ccccc2-c2ccccc21)C(=O)N1CCC1C(=O)O. The van der Waals surface area contributed by atoms with Crippen LogP contribution in [0.2, 0.25) is 0 Å². The van der Waals surface area contributed by atoms with Gasteiger partial charge in [0.25, 0.3) is 0 Å². The molecule has 0 aromatic heterocycles. The van der Waals surface area contributed by atoms with Crippen LogP contribution >= 0.6 is 0 Å². The molecular weight excluding hydrogens is 396 g/mol. The lowest BCUT2D eigenvalue weighted by atomic mass is 9.97. The fourth-order valence-electron chi connectivity index (χ4n) is 4.37. The monoisotopic (exact) mass is 422 g/mol. The molecule has 31 heavy (non-hydrogen) atoms. The van der Waals surface area contributed by atoms with Crippen LogP contribution in [0, 0.1) is 5.92 Å². The van der Waals surface area contributed by atoms with Crippen molar-refractivity contribution in [3.63, 3.8) is 0 Å². The van der Waals surface area contributed by atoms with E-state index in [4.69, 9.17) is 4.74 Å². The van der Waals surface area contributed by atoms with E-state index in [0.717, 1.165) is 22.3 Å². The Bertz CT molecular complexity index is 973. The summed E-state index contributed by atoms with van der Waals surface area (Å²) >= 11 is 0.